The number of carbonyl (C=O) groups excluding carboxylic acids is 1. The quantitative estimate of drug-likeness (QED) is 0.433. The minimum atomic E-state index is -0.631. The van der Waals surface area contributed by atoms with Crippen LogP contribution < -0.4 is 16.2 Å². The van der Waals surface area contributed by atoms with Crippen LogP contribution in [0.2, 0.25) is 0 Å². The van der Waals surface area contributed by atoms with Crippen molar-refractivity contribution in [3.63, 3.8) is 0 Å². The normalized spacial score (nSPS) is 10.3. The summed E-state index contributed by atoms with van der Waals surface area (Å²) in [6.45, 7) is 2.97. The number of aromatic nitrogens is 2. The molecule has 0 saturated heterocycles. The predicted molar refractivity (Wildman–Crippen MR) is 107 cm³/mol. The van der Waals surface area contributed by atoms with Crippen LogP contribution in [-0.2, 0) is 4.74 Å². The fourth-order valence-corrected chi connectivity index (χ4v) is 2.47. The van der Waals surface area contributed by atoms with Crippen LogP contribution in [0.4, 0.5) is 0 Å². The second-order valence-electron chi connectivity index (χ2n) is 5.82. The Hall–Kier alpha value is -2.78. The maximum Gasteiger partial charge on any atom is 0.294 e. The highest BCUT2D eigenvalue weighted by Crippen LogP contribution is 2.07. The molecule has 27 heavy (non-hydrogen) atoms. The lowest BCUT2D eigenvalue weighted by Crippen LogP contribution is -2.49. The second kappa shape index (κ2) is 9.79. The molecule has 9 heteroatoms. The van der Waals surface area contributed by atoms with Crippen molar-refractivity contribution in [3.05, 3.63) is 58.0 Å². The molecule has 0 fully saturated rings. The van der Waals surface area contributed by atoms with E-state index < -0.39 is 11.3 Å². The van der Waals surface area contributed by atoms with Crippen LogP contribution in [0.3, 0.4) is 0 Å². The molecule has 2 aromatic rings. The van der Waals surface area contributed by atoms with Crippen molar-refractivity contribution >= 4 is 23.2 Å². The maximum atomic E-state index is 12.5. The molecule has 2 rings (SSSR count). The Morgan fingerprint density at radius 3 is 2.70 bits per heavy atom. The molecule has 0 bridgehead atoms. The smallest absolute Gasteiger partial charge is 0.294 e. The van der Waals surface area contributed by atoms with Crippen LogP contribution in [0.5, 0.6) is 0 Å². The fourth-order valence-electron chi connectivity index (χ4n) is 2.32. The van der Waals surface area contributed by atoms with Gasteiger partial charge in [0.05, 0.1) is 5.69 Å². The molecule has 0 aliphatic rings. The molecular weight excluding hydrogens is 366 g/mol. The molecule has 8 nitrogen and oxygen atoms in total. The number of ether oxygens (including phenoxy) is 1. The van der Waals surface area contributed by atoms with Gasteiger partial charge in [-0.05, 0) is 37.7 Å². The molecule has 0 atom stereocenters. The topological polar surface area (TPSA) is 88.5 Å². The lowest BCUT2D eigenvalue weighted by Gasteiger charge is -2.21. The molecule has 2 N–H and O–H groups in total. The van der Waals surface area contributed by atoms with Crippen molar-refractivity contribution in [1.82, 2.24) is 25.5 Å². The molecular formula is C18H23N5O3S. The summed E-state index contributed by atoms with van der Waals surface area (Å²) in [6.07, 6.45) is 0.778. The van der Waals surface area contributed by atoms with Crippen molar-refractivity contribution in [2.45, 2.75) is 13.3 Å². The van der Waals surface area contributed by atoms with E-state index in [4.69, 9.17) is 17.0 Å². The predicted octanol–water partition coefficient (Wildman–Crippen LogP) is 1.03. The van der Waals surface area contributed by atoms with Crippen LogP contribution >= 0.6 is 12.2 Å². The third-order valence-electron chi connectivity index (χ3n) is 3.70. The number of carbonyl (C=O) groups is 1. The number of thiocarbonyl (C=S) groups is 1. The number of benzene rings is 1. The molecule has 0 unspecified atom stereocenters. The highest BCUT2D eigenvalue weighted by molar-refractivity contribution is 7.80. The SMILES string of the molecule is COCCCNC(=S)N(C)NC(=O)c1nn(-c2ccccc2)c(C)cc1=O. The summed E-state index contributed by atoms with van der Waals surface area (Å²) >= 11 is 5.21. The van der Waals surface area contributed by atoms with Crippen LogP contribution in [0.25, 0.3) is 5.69 Å². The minimum Gasteiger partial charge on any atom is -0.385 e. The zero-order chi connectivity index (χ0) is 19.8. The maximum absolute atomic E-state index is 12.5. The van der Waals surface area contributed by atoms with E-state index >= 15 is 0 Å². The fraction of sp³-hybridized carbons (Fsp3) is 0.333. The van der Waals surface area contributed by atoms with Crippen molar-refractivity contribution in [3.8, 4) is 5.69 Å². The van der Waals surface area contributed by atoms with Gasteiger partial charge in [0.1, 0.15) is 0 Å². The molecule has 0 saturated carbocycles. The first kappa shape index (κ1) is 20.5. The lowest BCUT2D eigenvalue weighted by atomic mass is 10.3. The molecule has 144 valence electrons. The van der Waals surface area contributed by atoms with Crippen LogP contribution in [0, 0.1) is 6.92 Å². The highest BCUT2D eigenvalue weighted by Gasteiger charge is 2.17. The number of hydrogen-bond donors (Lipinski definition) is 2. The van der Waals surface area contributed by atoms with Gasteiger partial charge in [0.2, 0.25) is 5.43 Å². The zero-order valence-electron chi connectivity index (χ0n) is 15.6. The molecule has 0 aliphatic heterocycles. The Balaban J connectivity index is 2.12. The first-order valence-corrected chi connectivity index (χ1v) is 8.82. The van der Waals surface area contributed by atoms with Crippen molar-refractivity contribution in [2.75, 3.05) is 27.3 Å². The molecule has 1 amide bonds. The molecule has 1 aromatic heterocycles. The third kappa shape index (κ3) is 5.60. The van der Waals surface area contributed by atoms with E-state index in [1.54, 1.807) is 25.8 Å². The number of hydrogen-bond acceptors (Lipinski definition) is 5. The standard InChI is InChI=1S/C18H23N5O3S/c1-13-12-15(24)16(20-23(13)14-8-5-4-6-9-14)17(25)21-22(2)18(27)19-10-7-11-26-3/h4-6,8-9,12H,7,10-11H2,1-3H3,(H,19,27)(H,21,25). The monoisotopic (exact) mass is 389 g/mol. The summed E-state index contributed by atoms with van der Waals surface area (Å²) in [5.41, 5.74) is 3.28. The highest BCUT2D eigenvalue weighted by atomic mass is 32.1. The van der Waals surface area contributed by atoms with E-state index in [0.717, 1.165) is 12.1 Å². The van der Waals surface area contributed by atoms with E-state index in [1.807, 2.05) is 30.3 Å². The summed E-state index contributed by atoms with van der Waals surface area (Å²) in [5, 5.41) is 8.89. The second-order valence-corrected chi connectivity index (χ2v) is 6.21. The average molecular weight is 389 g/mol. The number of hydrazine groups is 1. The third-order valence-corrected chi connectivity index (χ3v) is 4.12. The Morgan fingerprint density at radius 2 is 2.04 bits per heavy atom. The van der Waals surface area contributed by atoms with Gasteiger partial charge < -0.3 is 10.1 Å². The van der Waals surface area contributed by atoms with Crippen molar-refractivity contribution in [2.24, 2.45) is 0 Å². The number of para-hydroxylation sites is 1. The van der Waals surface area contributed by atoms with Gasteiger partial charge in [0, 0.05) is 39.1 Å². The van der Waals surface area contributed by atoms with Crippen molar-refractivity contribution < 1.29 is 9.53 Å². The van der Waals surface area contributed by atoms with Gasteiger partial charge >= 0.3 is 0 Å². The summed E-state index contributed by atoms with van der Waals surface area (Å²) in [7, 11) is 3.22. The van der Waals surface area contributed by atoms with E-state index in [9.17, 15) is 9.59 Å². The van der Waals surface area contributed by atoms with Gasteiger partial charge in [0.15, 0.2) is 10.8 Å². The Bertz CT molecular complexity index is 854. The van der Waals surface area contributed by atoms with Gasteiger partial charge in [0.25, 0.3) is 5.91 Å². The molecule has 1 heterocycles. The summed E-state index contributed by atoms with van der Waals surface area (Å²) in [6, 6.07) is 10.7. The Morgan fingerprint density at radius 1 is 1.33 bits per heavy atom. The first-order valence-electron chi connectivity index (χ1n) is 8.42. The van der Waals surface area contributed by atoms with E-state index in [1.165, 1.54) is 11.1 Å². The number of aryl methyl sites for hydroxylation is 1. The lowest BCUT2D eigenvalue weighted by molar-refractivity contribution is 0.0878. The average Bonchev–Trinajstić information content (AvgIpc) is 2.65. The summed E-state index contributed by atoms with van der Waals surface area (Å²) in [5.74, 6) is -0.631. The molecule has 0 spiro atoms. The number of methoxy groups -OCH3 is 1. The number of amides is 1. The first-order chi connectivity index (χ1) is 12.9. The number of nitrogens with one attached hydrogen (secondary N) is 2. The Kier molecular flexibility index (Phi) is 7.44. The van der Waals surface area contributed by atoms with Crippen LogP contribution in [0.1, 0.15) is 22.6 Å². The largest absolute Gasteiger partial charge is 0.385 e. The van der Waals surface area contributed by atoms with Gasteiger partial charge in [-0.3, -0.25) is 20.0 Å². The van der Waals surface area contributed by atoms with Gasteiger partial charge in [-0.2, -0.15) is 5.10 Å². The molecule has 0 radical (unpaired) electrons. The number of rotatable bonds is 6. The van der Waals surface area contributed by atoms with Crippen LogP contribution in [0.15, 0.2) is 41.2 Å². The summed E-state index contributed by atoms with van der Waals surface area (Å²) < 4.78 is 6.52. The van der Waals surface area contributed by atoms with E-state index in [2.05, 4.69) is 15.8 Å². The summed E-state index contributed by atoms with van der Waals surface area (Å²) in [4.78, 5) is 24.8. The number of nitrogens with zero attached hydrogens (tertiary/aromatic N) is 3. The van der Waals surface area contributed by atoms with Gasteiger partial charge in [-0.15, -0.1) is 0 Å². The minimum absolute atomic E-state index is 0.210. The molecule has 1 aromatic carbocycles. The Labute approximate surface area is 163 Å². The van der Waals surface area contributed by atoms with E-state index in [-0.39, 0.29) is 5.69 Å². The van der Waals surface area contributed by atoms with Gasteiger partial charge in [-0.25, -0.2) is 4.68 Å². The van der Waals surface area contributed by atoms with Crippen molar-refractivity contribution in [1.29, 1.82) is 0 Å². The van der Waals surface area contributed by atoms with Gasteiger partial charge in [-0.1, -0.05) is 18.2 Å². The van der Waals surface area contributed by atoms with E-state index in [0.29, 0.717) is 24.0 Å². The van der Waals surface area contributed by atoms with Crippen LogP contribution in [-0.4, -0.2) is 53.1 Å². The molecule has 0 aliphatic carbocycles. The zero-order valence-corrected chi connectivity index (χ0v) is 16.4.